The first-order chi connectivity index (χ1) is 9.63. The average molecular weight is 291 g/mol. The van der Waals surface area contributed by atoms with E-state index in [1.54, 1.807) is 41.6 Å². The van der Waals surface area contributed by atoms with Crippen molar-refractivity contribution >= 4 is 23.1 Å². The summed E-state index contributed by atoms with van der Waals surface area (Å²) < 4.78 is 5.12. The third-order valence-electron chi connectivity index (χ3n) is 3.06. The van der Waals surface area contributed by atoms with E-state index in [0.717, 1.165) is 4.88 Å². The molecule has 0 aliphatic rings. The highest BCUT2D eigenvalue weighted by Gasteiger charge is 2.19. The van der Waals surface area contributed by atoms with Gasteiger partial charge in [0.15, 0.2) is 0 Å². The van der Waals surface area contributed by atoms with Gasteiger partial charge in [0.05, 0.1) is 13.2 Å². The fourth-order valence-corrected chi connectivity index (χ4v) is 2.57. The summed E-state index contributed by atoms with van der Waals surface area (Å²) in [5.41, 5.74) is 0.560. The summed E-state index contributed by atoms with van der Waals surface area (Å²) in [6.07, 6.45) is 1.62. The third kappa shape index (κ3) is 3.08. The molecule has 6 heteroatoms. The van der Waals surface area contributed by atoms with Gasteiger partial charge >= 0.3 is 6.03 Å². The molecule has 0 spiro atoms. The van der Waals surface area contributed by atoms with Crippen LogP contribution < -0.4 is 10.1 Å². The maximum atomic E-state index is 12.3. The van der Waals surface area contributed by atoms with Crippen molar-refractivity contribution in [1.82, 2.24) is 9.88 Å². The molecule has 0 radical (unpaired) electrons. The molecule has 0 aliphatic heterocycles. The number of rotatable bonds is 4. The maximum absolute atomic E-state index is 12.3. The number of amides is 2. The molecule has 2 heterocycles. The van der Waals surface area contributed by atoms with E-state index < -0.39 is 0 Å². The predicted molar refractivity (Wildman–Crippen MR) is 80.3 cm³/mol. The molecule has 0 saturated carbocycles. The Kier molecular flexibility index (Phi) is 4.57. The van der Waals surface area contributed by atoms with Crippen LogP contribution in [0.4, 0.5) is 10.5 Å². The van der Waals surface area contributed by atoms with Gasteiger partial charge in [-0.25, -0.2) is 9.78 Å². The van der Waals surface area contributed by atoms with Crippen LogP contribution in [0.5, 0.6) is 5.88 Å². The number of nitrogens with one attached hydrogen (secondary N) is 1. The van der Waals surface area contributed by atoms with Crippen LogP contribution in [-0.2, 0) is 0 Å². The second-order valence-electron chi connectivity index (χ2n) is 4.29. The van der Waals surface area contributed by atoms with Gasteiger partial charge in [0, 0.05) is 18.1 Å². The Balaban J connectivity index is 2.08. The van der Waals surface area contributed by atoms with Crippen molar-refractivity contribution in [2.24, 2.45) is 0 Å². The lowest BCUT2D eigenvalue weighted by Crippen LogP contribution is -2.33. The van der Waals surface area contributed by atoms with Crippen LogP contribution in [-0.4, -0.2) is 30.1 Å². The first-order valence-electron chi connectivity index (χ1n) is 6.19. The number of carbonyl (C=O) groups is 1. The lowest BCUT2D eigenvalue weighted by atomic mass is 10.2. The van der Waals surface area contributed by atoms with Crippen LogP contribution in [0.3, 0.4) is 0 Å². The van der Waals surface area contributed by atoms with Crippen molar-refractivity contribution in [2.45, 2.75) is 13.0 Å². The summed E-state index contributed by atoms with van der Waals surface area (Å²) in [6.45, 7) is 1.99. The topological polar surface area (TPSA) is 54.5 Å². The molecular weight excluding hydrogens is 274 g/mol. The van der Waals surface area contributed by atoms with E-state index in [0.29, 0.717) is 11.6 Å². The van der Waals surface area contributed by atoms with Crippen LogP contribution in [0.25, 0.3) is 0 Å². The Morgan fingerprint density at radius 2 is 2.25 bits per heavy atom. The molecule has 2 rings (SSSR count). The van der Waals surface area contributed by atoms with Crippen molar-refractivity contribution in [3.63, 3.8) is 0 Å². The van der Waals surface area contributed by atoms with E-state index in [1.807, 2.05) is 24.4 Å². The van der Waals surface area contributed by atoms with Gasteiger partial charge in [0.25, 0.3) is 0 Å². The molecule has 5 nitrogen and oxygen atoms in total. The molecule has 0 bridgehead atoms. The molecular formula is C14H17N3O2S. The van der Waals surface area contributed by atoms with Crippen molar-refractivity contribution in [3.05, 3.63) is 40.7 Å². The normalized spacial score (nSPS) is 11.8. The van der Waals surface area contributed by atoms with E-state index in [4.69, 9.17) is 4.74 Å². The number of thiophene rings is 1. The van der Waals surface area contributed by atoms with Crippen LogP contribution in [0.15, 0.2) is 35.8 Å². The number of urea groups is 1. The van der Waals surface area contributed by atoms with E-state index in [-0.39, 0.29) is 12.1 Å². The third-order valence-corrected chi connectivity index (χ3v) is 4.10. The van der Waals surface area contributed by atoms with Gasteiger partial charge in [0.2, 0.25) is 5.88 Å². The van der Waals surface area contributed by atoms with Gasteiger partial charge in [-0.2, -0.15) is 0 Å². The van der Waals surface area contributed by atoms with Crippen LogP contribution in [0, 0.1) is 0 Å². The highest BCUT2D eigenvalue weighted by Crippen LogP contribution is 2.25. The quantitative estimate of drug-likeness (QED) is 0.939. The molecule has 1 N–H and O–H groups in total. The summed E-state index contributed by atoms with van der Waals surface area (Å²) in [5, 5.41) is 4.81. The highest BCUT2D eigenvalue weighted by atomic mass is 32.1. The van der Waals surface area contributed by atoms with E-state index >= 15 is 0 Å². The zero-order valence-corrected chi connectivity index (χ0v) is 12.5. The number of ether oxygens (including phenoxy) is 1. The highest BCUT2D eigenvalue weighted by molar-refractivity contribution is 7.10. The molecule has 1 atom stereocenters. The lowest BCUT2D eigenvalue weighted by molar-refractivity contribution is 0.209. The molecule has 20 heavy (non-hydrogen) atoms. The first kappa shape index (κ1) is 14.3. The molecule has 0 unspecified atom stereocenters. The van der Waals surface area contributed by atoms with Crippen molar-refractivity contribution in [2.75, 3.05) is 19.5 Å². The number of aromatic nitrogens is 1. The Bertz CT molecular complexity index is 572. The first-order valence-corrected chi connectivity index (χ1v) is 7.07. The number of carbonyl (C=O) groups excluding carboxylic acids is 1. The number of hydrogen-bond acceptors (Lipinski definition) is 4. The second-order valence-corrected chi connectivity index (χ2v) is 5.27. The fourth-order valence-electron chi connectivity index (χ4n) is 1.75. The minimum absolute atomic E-state index is 0.0117. The van der Waals surface area contributed by atoms with Crippen molar-refractivity contribution < 1.29 is 9.53 Å². The number of hydrogen-bond donors (Lipinski definition) is 1. The molecule has 2 aromatic rings. The van der Waals surface area contributed by atoms with Crippen LogP contribution >= 0.6 is 11.3 Å². The molecule has 106 valence electrons. The number of methoxy groups -OCH3 is 1. The molecule has 0 fully saturated rings. The lowest BCUT2D eigenvalue weighted by Gasteiger charge is -2.24. The smallest absolute Gasteiger partial charge is 0.322 e. The summed E-state index contributed by atoms with van der Waals surface area (Å²) in [4.78, 5) is 19.1. The number of anilines is 1. The largest absolute Gasteiger partial charge is 0.480 e. The Morgan fingerprint density at radius 3 is 2.90 bits per heavy atom. The molecule has 0 aliphatic carbocycles. The number of nitrogens with zero attached hydrogens (tertiary/aromatic N) is 2. The zero-order valence-electron chi connectivity index (χ0n) is 11.7. The van der Waals surface area contributed by atoms with Crippen molar-refractivity contribution in [1.29, 1.82) is 0 Å². The van der Waals surface area contributed by atoms with Gasteiger partial charge in [-0.05, 0) is 30.5 Å². The number of pyridine rings is 1. The molecule has 2 amide bonds. The van der Waals surface area contributed by atoms with Gasteiger partial charge in [-0.3, -0.25) is 0 Å². The Hall–Kier alpha value is -2.08. The zero-order chi connectivity index (χ0) is 14.5. The van der Waals surface area contributed by atoms with Gasteiger partial charge in [-0.15, -0.1) is 11.3 Å². The molecule has 2 aromatic heterocycles. The summed E-state index contributed by atoms with van der Waals surface area (Å²) in [6, 6.07) is 7.32. The minimum atomic E-state index is -0.197. The Labute approximate surface area is 122 Å². The maximum Gasteiger partial charge on any atom is 0.322 e. The summed E-state index contributed by atoms with van der Waals surface area (Å²) in [5.74, 6) is 0.401. The van der Waals surface area contributed by atoms with Gasteiger partial charge in [0.1, 0.15) is 5.69 Å². The molecule has 0 aromatic carbocycles. The van der Waals surface area contributed by atoms with Crippen LogP contribution in [0.2, 0.25) is 0 Å². The molecule has 0 saturated heterocycles. The monoisotopic (exact) mass is 291 g/mol. The Morgan fingerprint density at radius 1 is 1.45 bits per heavy atom. The van der Waals surface area contributed by atoms with Gasteiger partial charge in [-0.1, -0.05) is 6.07 Å². The standard InChI is InChI=1S/C14H17N3O2S/c1-10(12-7-5-9-20-12)17(2)14(18)16-11-6-4-8-15-13(11)19-3/h4-10H,1-3H3,(H,16,18)/t10-/m1/s1. The summed E-state index contributed by atoms with van der Waals surface area (Å²) >= 11 is 1.63. The summed E-state index contributed by atoms with van der Waals surface area (Å²) in [7, 11) is 3.29. The minimum Gasteiger partial charge on any atom is -0.480 e. The average Bonchev–Trinajstić information content (AvgIpc) is 3.00. The van der Waals surface area contributed by atoms with Crippen molar-refractivity contribution in [3.8, 4) is 5.88 Å². The predicted octanol–water partition coefficient (Wildman–Crippen LogP) is 3.38. The van der Waals surface area contributed by atoms with E-state index in [1.165, 1.54) is 7.11 Å². The van der Waals surface area contributed by atoms with Gasteiger partial charge < -0.3 is 15.0 Å². The fraction of sp³-hybridized carbons (Fsp3) is 0.286. The van der Waals surface area contributed by atoms with E-state index in [2.05, 4.69) is 10.3 Å². The second kappa shape index (κ2) is 6.38. The SMILES string of the molecule is COc1ncccc1NC(=O)N(C)[C@H](C)c1cccs1. The van der Waals surface area contributed by atoms with E-state index in [9.17, 15) is 4.79 Å². The van der Waals surface area contributed by atoms with Crippen LogP contribution in [0.1, 0.15) is 17.8 Å².